The molecule has 0 saturated carbocycles. The highest BCUT2D eigenvalue weighted by Crippen LogP contribution is 2.44. The Balaban J connectivity index is 1.55. The van der Waals surface area contributed by atoms with E-state index in [4.69, 9.17) is 0 Å². The number of halogens is 1. The molecule has 30 heavy (non-hydrogen) atoms. The Labute approximate surface area is 180 Å². The Morgan fingerprint density at radius 1 is 1.17 bits per heavy atom. The van der Waals surface area contributed by atoms with E-state index in [0.717, 1.165) is 23.4 Å². The summed E-state index contributed by atoms with van der Waals surface area (Å²) in [4.78, 5) is 34.3. The van der Waals surface area contributed by atoms with Gasteiger partial charge < -0.3 is 10.3 Å². The van der Waals surface area contributed by atoms with Crippen LogP contribution in [0.3, 0.4) is 0 Å². The number of carbonyl (C=O) groups excluding carboxylic acids is 1. The van der Waals surface area contributed by atoms with Gasteiger partial charge in [-0.15, -0.1) is 11.3 Å². The topological polar surface area (TPSA) is 74.8 Å². The van der Waals surface area contributed by atoms with Crippen LogP contribution in [0, 0.1) is 5.82 Å². The van der Waals surface area contributed by atoms with Crippen molar-refractivity contribution in [1.82, 2.24) is 9.97 Å². The second-order valence-electron chi connectivity index (χ2n) is 7.26. The van der Waals surface area contributed by atoms with Gasteiger partial charge in [0.1, 0.15) is 11.6 Å². The molecule has 1 aliphatic carbocycles. The Morgan fingerprint density at radius 3 is 2.83 bits per heavy atom. The number of aromatic nitrogens is 2. The van der Waals surface area contributed by atoms with Crippen molar-refractivity contribution >= 4 is 34.7 Å². The van der Waals surface area contributed by atoms with Crippen molar-refractivity contribution < 1.29 is 9.18 Å². The predicted molar refractivity (Wildman–Crippen MR) is 116 cm³/mol. The minimum absolute atomic E-state index is 0.0882. The van der Waals surface area contributed by atoms with Crippen LogP contribution in [-0.2, 0) is 10.5 Å². The summed E-state index contributed by atoms with van der Waals surface area (Å²) in [5.74, 6) is 0.254. The molecule has 5 nitrogen and oxygen atoms in total. The smallest absolute Gasteiger partial charge is 0.257 e. The van der Waals surface area contributed by atoms with E-state index in [1.807, 2.05) is 17.5 Å². The zero-order chi connectivity index (χ0) is 20.7. The predicted octanol–water partition coefficient (Wildman–Crippen LogP) is 4.83. The van der Waals surface area contributed by atoms with Gasteiger partial charge in [0.25, 0.3) is 5.56 Å². The van der Waals surface area contributed by atoms with Crippen LogP contribution < -0.4 is 10.9 Å². The molecule has 2 aliphatic rings. The van der Waals surface area contributed by atoms with Gasteiger partial charge in [-0.05, 0) is 35.9 Å². The molecule has 3 heterocycles. The molecule has 1 atom stereocenters. The number of nitrogens with one attached hydrogen (secondary N) is 2. The van der Waals surface area contributed by atoms with Crippen LogP contribution in [0.4, 0.5) is 10.2 Å². The molecule has 3 aromatic rings. The van der Waals surface area contributed by atoms with Crippen molar-refractivity contribution in [3.8, 4) is 0 Å². The number of benzene rings is 1. The number of ketones is 1. The zero-order valence-electron chi connectivity index (χ0n) is 15.9. The van der Waals surface area contributed by atoms with E-state index in [1.54, 1.807) is 18.2 Å². The average Bonchev–Trinajstić information content (AvgIpc) is 3.26. The number of fused-ring (bicyclic) bond motifs is 1. The fourth-order valence-corrected chi connectivity index (χ4v) is 5.70. The Morgan fingerprint density at radius 2 is 2.03 bits per heavy atom. The van der Waals surface area contributed by atoms with E-state index < -0.39 is 5.92 Å². The van der Waals surface area contributed by atoms with Gasteiger partial charge in [0, 0.05) is 28.3 Å². The molecule has 2 aromatic heterocycles. The molecule has 5 rings (SSSR count). The molecule has 152 valence electrons. The molecule has 0 spiro atoms. The number of thiophene rings is 1. The van der Waals surface area contributed by atoms with Crippen LogP contribution in [0.15, 0.2) is 63.0 Å². The molecular formula is C22H18FN3O2S2. The van der Waals surface area contributed by atoms with E-state index in [0.29, 0.717) is 39.8 Å². The standard InChI is InChI=1S/C22H18FN3O2S2/c23-13-6-2-1-5-12(13)11-30-22-25-20-19(21(28)26-22)18(16-9-4-10-29-16)17-14(24-20)7-3-8-15(17)27/h1-2,4-6,9-10,18H,3,7-8,11H2,(H2,24,25,26,28)/t18-/m0/s1. The van der Waals surface area contributed by atoms with Gasteiger partial charge in [0.05, 0.1) is 11.5 Å². The summed E-state index contributed by atoms with van der Waals surface area (Å²) in [7, 11) is 0. The fourth-order valence-electron chi connectivity index (χ4n) is 4.01. The van der Waals surface area contributed by atoms with Crippen molar-refractivity contribution in [3.63, 3.8) is 0 Å². The van der Waals surface area contributed by atoms with Crippen LogP contribution >= 0.6 is 23.1 Å². The molecule has 8 heteroatoms. The number of H-pyrrole nitrogens is 1. The highest BCUT2D eigenvalue weighted by Gasteiger charge is 2.38. The normalized spacial score (nSPS) is 18.0. The molecule has 0 unspecified atom stereocenters. The summed E-state index contributed by atoms with van der Waals surface area (Å²) in [6, 6.07) is 10.4. The van der Waals surface area contributed by atoms with Crippen LogP contribution in [0.25, 0.3) is 0 Å². The second-order valence-corrected chi connectivity index (χ2v) is 9.20. The van der Waals surface area contributed by atoms with Crippen LogP contribution in [0.2, 0.25) is 0 Å². The number of hydrogen-bond donors (Lipinski definition) is 2. The minimum atomic E-state index is -0.397. The summed E-state index contributed by atoms with van der Waals surface area (Å²) < 4.78 is 13.9. The van der Waals surface area contributed by atoms with Gasteiger partial charge in [0.2, 0.25) is 0 Å². The maximum absolute atomic E-state index is 13.9. The number of nitrogens with zero attached hydrogens (tertiary/aromatic N) is 1. The van der Waals surface area contributed by atoms with Crippen LogP contribution in [-0.4, -0.2) is 15.8 Å². The van der Waals surface area contributed by atoms with Gasteiger partial charge in [-0.25, -0.2) is 9.37 Å². The molecule has 0 saturated heterocycles. The van der Waals surface area contributed by atoms with Crippen molar-refractivity contribution in [2.75, 3.05) is 5.32 Å². The minimum Gasteiger partial charge on any atom is -0.343 e. The van der Waals surface area contributed by atoms with E-state index in [-0.39, 0.29) is 17.2 Å². The molecule has 2 N–H and O–H groups in total. The van der Waals surface area contributed by atoms with Gasteiger partial charge in [-0.1, -0.05) is 36.0 Å². The third-order valence-corrected chi connectivity index (χ3v) is 7.25. The molecule has 0 radical (unpaired) electrons. The SMILES string of the molecule is O=C1CCCC2=C1[C@H](c1cccs1)c1c(nc(SCc3ccccc3F)[nH]c1=O)N2. The highest BCUT2D eigenvalue weighted by atomic mass is 32.2. The number of hydrogen-bond acceptors (Lipinski definition) is 6. The Hall–Kier alpha value is -2.71. The van der Waals surface area contributed by atoms with Gasteiger partial charge in [0.15, 0.2) is 10.9 Å². The molecule has 1 aliphatic heterocycles. The van der Waals surface area contributed by atoms with E-state index >= 15 is 0 Å². The number of Topliss-reactive ketones (excluding diaryl/α,β-unsaturated/α-hetero) is 1. The number of anilines is 1. The van der Waals surface area contributed by atoms with E-state index in [9.17, 15) is 14.0 Å². The lowest BCUT2D eigenvalue weighted by Crippen LogP contribution is -2.32. The van der Waals surface area contributed by atoms with Crippen molar-refractivity contribution in [2.45, 2.75) is 36.1 Å². The fraction of sp³-hybridized carbons (Fsp3) is 0.227. The van der Waals surface area contributed by atoms with Crippen molar-refractivity contribution in [3.05, 3.63) is 85.2 Å². The quantitative estimate of drug-likeness (QED) is 0.450. The summed E-state index contributed by atoms with van der Waals surface area (Å²) >= 11 is 2.81. The van der Waals surface area contributed by atoms with Crippen molar-refractivity contribution in [2.24, 2.45) is 0 Å². The number of aromatic amines is 1. The maximum atomic E-state index is 13.9. The average molecular weight is 440 g/mol. The summed E-state index contributed by atoms with van der Waals surface area (Å²) in [5.41, 5.74) is 2.30. The van der Waals surface area contributed by atoms with E-state index in [2.05, 4.69) is 15.3 Å². The largest absolute Gasteiger partial charge is 0.343 e. The lowest BCUT2D eigenvalue weighted by molar-refractivity contribution is -0.116. The van der Waals surface area contributed by atoms with Crippen LogP contribution in [0.5, 0.6) is 0 Å². The molecule has 0 bridgehead atoms. The third kappa shape index (κ3) is 3.40. The summed E-state index contributed by atoms with van der Waals surface area (Å²) in [6.45, 7) is 0. The molecular weight excluding hydrogens is 421 g/mol. The monoisotopic (exact) mass is 439 g/mol. The Kier molecular flexibility index (Phi) is 5.04. The molecule has 0 amide bonds. The molecule has 1 aromatic carbocycles. The third-order valence-electron chi connectivity index (χ3n) is 5.39. The van der Waals surface area contributed by atoms with Gasteiger partial charge in [-0.2, -0.15) is 0 Å². The van der Waals surface area contributed by atoms with Crippen LogP contribution in [0.1, 0.15) is 41.2 Å². The summed E-state index contributed by atoms with van der Waals surface area (Å²) in [5, 5.41) is 5.63. The number of rotatable bonds is 4. The first kappa shape index (κ1) is 19.3. The van der Waals surface area contributed by atoms with Crippen molar-refractivity contribution in [1.29, 1.82) is 0 Å². The van der Waals surface area contributed by atoms with Gasteiger partial charge in [-0.3, -0.25) is 9.59 Å². The summed E-state index contributed by atoms with van der Waals surface area (Å²) in [6.07, 6.45) is 2.05. The zero-order valence-corrected chi connectivity index (χ0v) is 17.5. The lowest BCUT2D eigenvalue weighted by Gasteiger charge is -2.32. The first-order valence-corrected chi connectivity index (χ1v) is 11.6. The Bertz CT molecular complexity index is 1220. The number of allylic oxidation sites excluding steroid dienone is 2. The van der Waals surface area contributed by atoms with Gasteiger partial charge >= 0.3 is 0 Å². The molecule has 0 fully saturated rings. The lowest BCUT2D eigenvalue weighted by atomic mass is 9.79. The first-order valence-electron chi connectivity index (χ1n) is 9.69. The highest BCUT2D eigenvalue weighted by molar-refractivity contribution is 7.98. The number of carbonyl (C=O) groups is 1. The van der Waals surface area contributed by atoms with E-state index in [1.165, 1.54) is 29.2 Å². The number of thioether (sulfide) groups is 1. The first-order chi connectivity index (χ1) is 14.6. The maximum Gasteiger partial charge on any atom is 0.257 e. The second kappa shape index (κ2) is 7.85.